The average Bonchev–Trinajstić information content (AvgIpc) is 2.94. The van der Waals surface area contributed by atoms with Gasteiger partial charge in [0.25, 0.3) is 0 Å². The lowest BCUT2D eigenvalue weighted by molar-refractivity contribution is -0.386. The number of allylic oxidation sites excluding steroid dienone is 1. The summed E-state index contributed by atoms with van der Waals surface area (Å²) in [6, 6.07) is 13.1. The van der Waals surface area contributed by atoms with Crippen LogP contribution >= 0.6 is 0 Å². The van der Waals surface area contributed by atoms with Crippen molar-refractivity contribution >= 4 is 28.3 Å². The van der Waals surface area contributed by atoms with Crippen LogP contribution in [-0.4, -0.2) is 20.9 Å². The van der Waals surface area contributed by atoms with Crippen molar-refractivity contribution in [3.63, 3.8) is 0 Å². The Labute approximate surface area is 146 Å². The molecule has 0 atom stereocenters. The second kappa shape index (κ2) is 5.59. The number of aromatic hydroxyl groups is 2. The highest BCUT2D eigenvalue weighted by atomic mass is 16.6. The summed E-state index contributed by atoms with van der Waals surface area (Å²) < 4.78 is 5.60. The smallest absolute Gasteiger partial charge is 0.315 e. The molecule has 7 nitrogen and oxygen atoms in total. The molecule has 1 aliphatic heterocycles. The number of carbonyl (C=O) groups is 1. The molecule has 3 aromatic carbocycles. The van der Waals surface area contributed by atoms with Gasteiger partial charge in [-0.1, -0.05) is 30.3 Å². The van der Waals surface area contributed by atoms with Crippen LogP contribution in [-0.2, 0) is 0 Å². The largest absolute Gasteiger partial charge is 0.504 e. The van der Waals surface area contributed by atoms with Crippen LogP contribution in [0.1, 0.15) is 15.9 Å². The van der Waals surface area contributed by atoms with E-state index in [0.29, 0.717) is 11.3 Å². The van der Waals surface area contributed by atoms with Gasteiger partial charge in [0, 0.05) is 6.07 Å². The van der Waals surface area contributed by atoms with Crippen LogP contribution in [0.5, 0.6) is 17.2 Å². The van der Waals surface area contributed by atoms with Gasteiger partial charge in [0.05, 0.1) is 10.5 Å². The first kappa shape index (κ1) is 15.6. The Bertz CT molecular complexity index is 1130. The molecule has 0 saturated carbocycles. The van der Waals surface area contributed by atoms with Crippen molar-refractivity contribution in [1.82, 2.24) is 0 Å². The van der Waals surface area contributed by atoms with Gasteiger partial charge in [0.2, 0.25) is 11.5 Å². The average molecular weight is 349 g/mol. The number of phenols is 2. The molecule has 0 fully saturated rings. The van der Waals surface area contributed by atoms with Crippen molar-refractivity contribution < 1.29 is 24.7 Å². The summed E-state index contributed by atoms with van der Waals surface area (Å²) in [4.78, 5) is 22.9. The van der Waals surface area contributed by atoms with E-state index in [2.05, 4.69) is 0 Å². The topological polar surface area (TPSA) is 110 Å². The van der Waals surface area contributed by atoms with Gasteiger partial charge >= 0.3 is 5.69 Å². The van der Waals surface area contributed by atoms with Crippen LogP contribution in [0.2, 0.25) is 0 Å². The molecule has 0 aromatic heterocycles. The molecule has 2 N–H and O–H groups in total. The maximum Gasteiger partial charge on any atom is 0.315 e. The zero-order valence-electron chi connectivity index (χ0n) is 13.2. The molecular weight excluding hydrogens is 338 g/mol. The molecule has 1 aliphatic rings. The first-order valence-electron chi connectivity index (χ1n) is 7.62. The minimum absolute atomic E-state index is 0.0178. The zero-order chi connectivity index (χ0) is 18.4. The third kappa shape index (κ3) is 2.34. The van der Waals surface area contributed by atoms with E-state index in [4.69, 9.17) is 4.74 Å². The molecule has 0 radical (unpaired) electrons. The molecular formula is C19H11NO6. The number of Topliss-reactive ketones (excluding diaryl/α,β-unsaturated/α-hetero) is 1. The van der Waals surface area contributed by atoms with Gasteiger partial charge in [-0.25, -0.2) is 0 Å². The number of benzene rings is 3. The molecule has 0 saturated heterocycles. The summed E-state index contributed by atoms with van der Waals surface area (Å²) in [6.07, 6.45) is 1.29. The Hall–Kier alpha value is -3.87. The second-order valence-electron chi connectivity index (χ2n) is 5.76. The number of rotatable bonds is 2. The van der Waals surface area contributed by atoms with E-state index < -0.39 is 22.1 Å². The lowest BCUT2D eigenvalue weighted by Gasteiger charge is -2.02. The number of fused-ring (bicyclic) bond motifs is 3. The summed E-state index contributed by atoms with van der Waals surface area (Å²) in [5.74, 6) is -1.45. The van der Waals surface area contributed by atoms with Crippen molar-refractivity contribution in [2.45, 2.75) is 0 Å². The summed E-state index contributed by atoms with van der Waals surface area (Å²) >= 11 is 0. The van der Waals surface area contributed by atoms with Gasteiger partial charge in [-0.15, -0.1) is 0 Å². The lowest BCUT2D eigenvalue weighted by atomic mass is 10.0. The number of hydrogen-bond acceptors (Lipinski definition) is 6. The minimum atomic E-state index is -0.829. The summed E-state index contributed by atoms with van der Waals surface area (Å²) in [7, 11) is 0. The maximum absolute atomic E-state index is 12.7. The minimum Gasteiger partial charge on any atom is -0.504 e. The highest BCUT2D eigenvalue weighted by Gasteiger charge is 2.29. The van der Waals surface area contributed by atoms with E-state index in [1.54, 1.807) is 6.07 Å². The first-order valence-corrected chi connectivity index (χ1v) is 7.62. The number of nitrogens with zero attached hydrogens (tertiary/aromatic N) is 1. The molecule has 1 heterocycles. The zero-order valence-corrected chi connectivity index (χ0v) is 13.2. The third-order valence-corrected chi connectivity index (χ3v) is 4.15. The Morgan fingerprint density at radius 2 is 1.85 bits per heavy atom. The van der Waals surface area contributed by atoms with Crippen LogP contribution in [0.15, 0.2) is 54.3 Å². The van der Waals surface area contributed by atoms with Crippen LogP contribution < -0.4 is 4.74 Å². The van der Waals surface area contributed by atoms with E-state index in [1.165, 1.54) is 6.08 Å². The van der Waals surface area contributed by atoms with Gasteiger partial charge in [0.15, 0.2) is 11.5 Å². The highest BCUT2D eigenvalue weighted by molar-refractivity contribution is 6.21. The SMILES string of the molecule is O=C1C(=Cc2cc(O)c(O)c([N+](=O)[O-])c2)Oc2ccc3ccccc3c21. The summed E-state index contributed by atoms with van der Waals surface area (Å²) in [5.41, 5.74) is -0.0791. The molecule has 3 aromatic rings. The Morgan fingerprint density at radius 3 is 2.62 bits per heavy atom. The number of ketones is 1. The van der Waals surface area contributed by atoms with Crippen LogP contribution in [0.3, 0.4) is 0 Å². The number of hydrogen-bond donors (Lipinski definition) is 2. The third-order valence-electron chi connectivity index (χ3n) is 4.15. The summed E-state index contributed by atoms with van der Waals surface area (Å²) in [5, 5.41) is 31.8. The summed E-state index contributed by atoms with van der Waals surface area (Å²) in [6.45, 7) is 0. The Morgan fingerprint density at radius 1 is 1.08 bits per heavy atom. The monoisotopic (exact) mass is 349 g/mol. The quantitative estimate of drug-likeness (QED) is 0.315. The molecule has 4 rings (SSSR count). The van der Waals surface area contributed by atoms with Crippen molar-refractivity contribution in [1.29, 1.82) is 0 Å². The van der Waals surface area contributed by atoms with Crippen molar-refractivity contribution in [3.05, 3.63) is 75.5 Å². The number of carbonyl (C=O) groups excluding carboxylic acids is 1. The molecule has 0 amide bonds. The van der Waals surface area contributed by atoms with E-state index in [-0.39, 0.29) is 17.1 Å². The standard InChI is InChI=1S/C19H11NO6/c21-14-8-10(7-13(18(14)22)20(24)25)9-16-19(23)17-12-4-2-1-3-11(12)5-6-15(17)26-16/h1-9,21-22H. The normalized spacial score (nSPS) is 14.5. The molecule has 0 unspecified atom stereocenters. The van der Waals surface area contributed by atoms with E-state index >= 15 is 0 Å². The molecule has 7 heteroatoms. The van der Waals surface area contributed by atoms with Gasteiger partial charge in [-0.05, 0) is 34.5 Å². The fourth-order valence-corrected chi connectivity index (χ4v) is 2.95. The van der Waals surface area contributed by atoms with Gasteiger partial charge in [0.1, 0.15) is 5.75 Å². The predicted molar refractivity (Wildman–Crippen MR) is 93.3 cm³/mol. The fraction of sp³-hybridized carbons (Fsp3) is 0. The Balaban J connectivity index is 1.82. The molecule has 0 spiro atoms. The molecule has 0 aliphatic carbocycles. The maximum atomic E-state index is 12.7. The van der Waals surface area contributed by atoms with Crippen molar-refractivity contribution in [2.75, 3.05) is 0 Å². The van der Waals surface area contributed by atoms with Gasteiger partial charge in [-0.3, -0.25) is 14.9 Å². The predicted octanol–water partition coefficient (Wildman–Crippen LogP) is 3.78. The molecule has 0 bridgehead atoms. The highest BCUT2D eigenvalue weighted by Crippen LogP contribution is 2.39. The number of ether oxygens (including phenoxy) is 1. The van der Waals surface area contributed by atoms with E-state index in [0.717, 1.165) is 22.9 Å². The van der Waals surface area contributed by atoms with Gasteiger partial charge < -0.3 is 14.9 Å². The van der Waals surface area contributed by atoms with E-state index in [9.17, 15) is 25.1 Å². The lowest BCUT2D eigenvalue weighted by Crippen LogP contribution is -1.99. The molecule has 128 valence electrons. The number of phenolic OH excluding ortho intramolecular Hbond substituents is 2. The fourth-order valence-electron chi connectivity index (χ4n) is 2.95. The van der Waals surface area contributed by atoms with Crippen LogP contribution in [0, 0.1) is 10.1 Å². The van der Waals surface area contributed by atoms with Crippen LogP contribution in [0.4, 0.5) is 5.69 Å². The second-order valence-corrected chi connectivity index (χ2v) is 5.76. The van der Waals surface area contributed by atoms with E-state index in [1.807, 2.05) is 30.3 Å². The van der Waals surface area contributed by atoms with Crippen LogP contribution in [0.25, 0.3) is 16.8 Å². The molecule has 26 heavy (non-hydrogen) atoms. The Kier molecular flexibility index (Phi) is 3.37. The number of nitro groups is 1. The van der Waals surface area contributed by atoms with Crippen molar-refractivity contribution in [2.24, 2.45) is 0 Å². The first-order chi connectivity index (χ1) is 12.5. The van der Waals surface area contributed by atoms with Gasteiger partial charge in [-0.2, -0.15) is 0 Å². The number of nitro benzene ring substituents is 1. The van der Waals surface area contributed by atoms with Crippen molar-refractivity contribution in [3.8, 4) is 17.2 Å².